The maximum Gasteiger partial charge on any atom is 0.219 e. The Balaban J connectivity index is 3.14. The van der Waals surface area contributed by atoms with Crippen LogP contribution in [0, 0.1) is 0 Å². The fourth-order valence-electron chi connectivity index (χ4n) is 5.33. The van der Waals surface area contributed by atoms with Crippen molar-refractivity contribution >= 4 is 18.5 Å². The number of unbranched alkanes of at least 4 members (excludes halogenated alkanes) is 27. The third-order valence-corrected chi connectivity index (χ3v) is 8.23. The van der Waals surface area contributed by atoms with Gasteiger partial charge in [-0.05, 0) is 25.0 Å². The Morgan fingerprint density at radius 3 is 1.08 bits per heavy atom. The van der Waals surface area contributed by atoms with Crippen LogP contribution in [0.4, 0.5) is 0 Å². The maximum absolute atomic E-state index is 12.0. The van der Waals surface area contributed by atoms with Gasteiger partial charge in [-0.15, -0.1) is 0 Å². The average molecular weight is 540 g/mol. The van der Waals surface area contributed by atoms with Crippen LogP contribution in [0.1, 0.15) is 200 Å². The van der Waals surface area contributed by atoms with Gasteiger partial charge in [0.1, 0.15) is 0 Å². The summed E-state index contributed by atoms with van der Waals surface area (Å²) < 4.78 is 0. The van der Waals surface area contributed by atoms with Crippen molar-refractivity contribution in [3.63, 3.8) is 0 Å². The van der Waals surface area contributed by atoms with E-state index in [0.29, 0.717) is 0 Å². The van der Waals surface area contributed by atoms with E-state index in [9.17, 15) is 4.79 Å². The zero-order valence-electron chi connectivity index (χ0n) is 25.5. The molecular weight excluding hydrogens is 470 g/mol. The maximum atomic E-state index is 12.0. The second-order valence-corrected chi connectivity index (χ2v) is 12.2. The van der Waals surface area contributed by atoms with Gasteiger partial charge < -0.3 is 5.32 Å². The number of carbonyl (C=O) groups excluding carboxylic acids is 1. The zero-order valence-corrected chi connectivity index (χ0v) is 26.4. The number of rotatable bonds is 32. The fraction of sp³-hybridized carbons (Fsp3) is 0.971. The number of hydrogen-bond acceptors (Lipinski definition) is 2. The van der Waals surface area contributed by atoms with Crippen LogP contribution in [0.5, 0.6) is 0 Å². The van der Waals surface area contributed by atoms with Crippen LogP contribution in [0.15, 0.2) is 0 Å². The minimum atomic E-state index is 0.273. The summed E-state index contributed by atoms with van der Waals surface area (Å²) in [6.07, 6.45) is 40.5. The van der Waals surface area contributed by atoms with E-state index < -0.39 is 0 Å². The summed E-state index contributed by atoms with van der Waals surface area (Å²) in [6.45, 7) is 3.17. The molecule has 0 spiro atoms. The third-order valence-electron chi connectivity index (χ3n) is 7.91. The molecule has 1 amide bonds. The first-order valence-electron chi connectivity index (χ1n) is 17.2. The van der Waals surface area contributed by atoms with Gasteiger partial charge in [-0.1, -0.05) is 174 Å². The molecular formula is C34H69NOS. The quantitative estimate of drug-likeness (QED) is 0.0646. The lowest BCUT2D eigenvalue weighted by molar-refractivity contribution is -0.121. The van der Waals surface area contributed by atoms with Crippen LogP contribution < -0.4 is 5.32 Å². The molecule has 0 aromatic heterocycles. The highest BCUT2D eigenvalue weighted by molar-refractivity contribution is 7.80. The Morgan fingerprint density at radius 1 is 0.432 bits per heavy atom. The zero-order chi connectivity index (χ0) is 26.9. The van der Waals surface area contributed by atoms with E-state index >= 15 is 0 Å². The second-order valence-electron chi connectivity index (χ2n) is 11.7. The predicted molar refractivity (Wildman–Crippen MR) is 171 cm³/mol. The standard InChI is InChI=1S/C34H69NOS/c1-2-3-4-5-6-7-8-9-10-11-14-17-20-23-26-29-32-35-34(36)31-28-25-22-19-16-13-12-15-18-21-24-27-30-33-37/h37H,2-33H2,1H3,(H,35,36). The van der Waals surface area contributed by atoms with Gasteiger partial charge in [-0.25, -0.2) is 0 Å². The van der Waals surface area contributed by atoms with E-state index in [1.165, 1.54) is 173 Å². The molecule has 37 heavy (non-hydrogen) atoms. The number of carbonyl (C=O) groups is 1. The summed E-state index contributed by atoms with van der Waals surface area (Å²) in [5.41, 5.74) is 0. The van der Waals surface area contributed by atoms with Crippen LogP contribution >= 0.6 is 12.6 Å². The average Bonchev–Trinajstić information content (AvgIpc) is 2.90. The number of amides is 1. The Morgan fingerprint density at radius 2 is 0.730 bits per heavy atom. The van der Waals surface area contributed by atoms with E-state index in [-0.39, 0.29) is 5.91 Å². The monoisotopic (exact) mass is 540 g/mol. The van der Waals surface area contributed by atoms with Crippen LogP contribution in [0.25, 0.3) is 0 Å². The van der Waals surface area contributed by atoms with Crippen molar-refractivity contribution in [2.24, 2.45) is 0 Å². The highest BCUT2D eigenvalue weighted by Gasteiger charge is 2.01. The Bertz CT molecular complexity index is 428. The lowest BCUT2D eigenvalue weighted by Gasteiger charge is -2.06. The largest absolute Gasteiger partial charge is 0.356 e. The molecule has 2 nitrogen and oxygen atoms in total. The molecule has 0 aromatic carbocycles. The molecule has 0 saturated carbocycles. The summed E-state index contributed by atoms with van der Waals surface area (Å²) in [6, 6.07) is 0. The van der Waals surface area contributed by atoms with Gasteiger partial charge in [-0.3, -0.25) is 4.79 Å². The van der Waals surface area contributed by atoms with E-state index in [1.54, 1.807) is 0 Å². The first-order chi connectivity index (χ1) is 18.3. The SMILES string of the molecule is CCCCCCCCCCCCCCCCCCNC(=O)CCCCCCCCCCCCCCCS. The smallest absolute Gasteiger partial charge is 0.219 e. The fourth-order valence-corrected chi connectivity index (χ4v) is 5.55. The topological polar surface area (TPSA) is 29.1 Å². The molecule has 1 N–H and O–H groups in total. The van der Waals surface area contributed by atoms with Crippen molar-refractivity contribution in [2.45, 2.75) is 200 Å². The van der Waals surface area contributed by atoms with Gasteiger partial charge in [0, 0.05) is 13.0 Å². The van der Waals surface area contributed by atoms with Crippen LogP contribution in [0.3, 0.4) is 0 Å². The third kappa shape index (κ3) is 33.8. The van der Waals surface area contributed by atoms with Crippen LogP contribution in [-0.2, 0) is 4.79 Å². The van der Waals surface area contributed by atoms with Gasteiger partial charge in [0.05, 0.1) is 0 Å². The van der Waals surface area contributed by atoms with Crippen LogP contribution in [-0.4, -0.2) is 18.2 Å². The van der Waals surface area contributed by atoms with Crippen molar-refractivity contribution in [2.75, 3.05) is 12.3 Å². The summed E-state index contributed by atoms with van der Waals surface area (Å²) in [5.74, 6) is 1.32. The minimum Gasteiger partial charge on any atom is -0.356 e. The minimum absolute atomic E-state index is 0.273. The molecule has 0 aliphatic carbocycles. The highest BCUT2D eigenvalue weighted by atomic mass is 32.1. The summed E-state index contributed by atoms with van der Waals surface area (Å²) in [5, 5.41) is 3.14. The molecule has 0 aliphatic rings. The molecule has 0 fully saturated rings. The number of thiol groups is 1. The molecule has 0 radical (unpaired) electrons. The molecule has 0 aliphatic heterocycles. The summed E-state index contributed by atoms with van der Waals surface area (Å²) in [7, 11) is 0. The molecule has 0 rings (SSSR count). The van der Waals surface area contributed by atoms with Gasteiger partial charge in [0.25, 0.3) is 0 Å². The van der Waals surface area contributed by atoms with Crippen molar-refractivity contribution in [3.8, 4) is 0 Å². The number of hydrogen-bond donors (Lipinski definition) is 2. The predicted octanol–water partition coefficient (Wildman–Crippen LogP) is 11.8. The van der Waals surface area contributed by atoms with Gasteiger partial charge >= 0.3 is 0 Å². The van der Waals surface area contributed by atoms with E-state index in [0.717, 1.165) is 31.6 Å². The van der Waals surface area contributed by atoms with Crippen molar-refractivity contribution < 1.29 is 4.79 Å². The second kappa shape index (κ2) is 33.8. The van der Waals surface area contributed by atoms with E-state index in [1.807, 2.05) is 0 Å². The lowest BCUT2D eigenvalue weighted by Crippen LogP contribution is -2.23. The van der Waals surface area contributed by atoms with Gasteiger partial charge in [-0.2, -0.15) is 12.6 Å². The molecule has 0 atom stereocenters. The van der Waals surface area contributed by atoms with Crippen molar-refractivity contribution in [3.05, 3.63) is 0 Å². The van der Waals surface area contributed by atoms with E-state index in [2.05, 4.69) is 24.9 Å². The lowest BCUT2D eigenvalue weighted by atomic mass is 10.0. The van der Waals surface area contributed by atoms with Crippen molar-refractivity contribution in [1.29, 1.82) is 0 Å². The van der Waals surface area contributed by atoms with E-state index in [4.69, 9.17) is 0 Å². The molecule has 222 valence electrons. The first-order valence-corrected chi connectivity index (χ1v) is 17.8. The normalized spacial score (nSPS) is 11.3. The Labute approximate surface area is 240 Å². The molecule has 0 heterocycles. The van der Waals surface area contributed by atoms with Gasteiger partial charge in [0.15, 0.2) is 0 Å². The first kappa shape index (κ1) is 36.8. The summed E-state index contributed by atoms with van der Waals surface area (Å²) >= 11 is 4.27. The van der Waals surface area contributed by atoms with Crippen molar-refractivity contribution in [1.82, 2.24) is 5.32 Å². The molecule has 3 heteroatoms. The highest BCUT2D eigenvalue weighted by Crippen LogP contribution is 2.15. The Kier molecular flexibility index (Phi) is 33.7. The molecule has 0 unspecified atom stereocenters. The number of nitrogens with one attached hydrogen (secondary N) is 1. The Hall–Kier alpha value is -0.180. The van der Waals surface area contributed by atoms with Crippen LogP contribution in [0.2, 0.25) is 0 Å². The molecule has 0 saturated heterocycles. The van der Waals surface area contributed by atoms with Gasteiger partial charge in [0.2, 0.25) is 5.91 Å². The molecule has 0 bridgehead atoms. The summed E-state index contributed by atoms with van der Waals surface area (Å²) in [4.78, 5) is 12.0. The molecule has 0 aromatic rings.